The van der Waals surface area contributed by atoms with Crippen molar-refractivity contribution < 1.29 is 17.6 Å². The molecule has 0 bridgehead atoms. The van der Waals surface area contributed by atoms with Gasteiger partial charge in [-0.25, -0.2) is 22.2 Å². The van der Waals surface area contributed by atoms with E-state index in [1.54, 1.807) is 36.4 Å². The molecule has 9 nitrogen and oxygen atoms in total. The maximum atomic E-state index is 14.0. The predicted molar refractivity (Wildman–Crippen MR) is 172 cm³/mol. The fraction of sp³-hybridized carbons (Fsp3) is 0.364. The lowest BCUT2D eigenvalue weighted by atomic mass is 9.96. The minimum atomic E-state index is -2.72. The van der Waals surface area contributed by atoms with Crippen LogP contribution in [0.2, 0.25) is 5.02 Å². The molecular formula is C33H31ClF4N8O. The third-order valence-electron chi connectivity index (χ3n) is 8.28. The Bertz CT molecular complexity index is 2080. The van der Waals surface area contributed by atoms with Crippen LogP contribution in [0, 0.1) is 16.7 Å². The number of alkyl halides is 4. The van der Waals surface area contributed by atoms with E-state index in [4.69, 9.17) is 11.6 Å². The molecule has 3 aromatic heterocycles. The number of fused-ring (bicyclic) bond motifs is 2. The molecule has 5 aromatic rings. The monoisotopic (exact) mass is 666 g/mol. The summed E-state index contributed by atoms with van der Waals surface area (Å²) in [6.07, 6.45) is -0.638. The summed E-state index contributed by atoms with van der Waals surface area (Å²) in [5.41, 5.74) is 0.498. The summed E-state index contributed by atoms with van der Waals surface area (Å²) < 4.78 is 56.5. The zero-order valence-electron chi connectivity index (χ0n) is 25.7. The maximum Gasteiger partial charge on any atom is 0.263 e. The van der Waals surface area contributed by atoms with E-state index in [0.29, 0.717) is 45.3 Å². The van der Waals surface area contributed by atoms with E-state index in [9.17, 15) is 27.6 Å². The number of nitrogens with zero attached hydrogens (tertiary/aromatic N) is 6. The lowest BCUT2D eigenvalue weighted by molar-refractivity contribution is 0.0593. The first-order chi connectivity index (χ1) is 22.3. The summed E-state index contributed by atoms with van der Waals surface area (Å²) in [7, 11) is 0. The summed E-state index contributed by atoms with van der Waals surface area (Å²) in [5, 5.41) is 26.5. The number of benzene rings is 2. The van der Waals surface area contributed by atoms with Gasteiger partial charge in [0.1, 0.15) is 17.3 Å². The van der Waals surface area contributed by atoms with Gasteiger partial charge in [0.2, 0.25) is 0 Å². The number of halogens is 5. The Morgan fingerprint density at radius 2 is 1.87 bits per heavy atom. The molecule has 0 aliphatic heterocycles. The number of pyridine rings is 2. The van der Waals surface area contributed by atoms with E-state index in [-0.39, 0.29) is 34.4 Å². The first-order valence-electron chi connectivity index (χ1n) is 15.0. The minimum Gasteiger partial charge on any atom is -0.383 e. The quantitative estimate of drug-likeness (QED) is 0.150. The molecule has 0 saturated heterocycles. The van der Waals surface area contributed by atoms with E-state index < -0.39 is 36.5 Å². The normalized spacial score (nSPS) is 14.9. The van der Waals surface area contributed by atoms with Crippen molar-refractivity contribution in [2.24, 2.45) is 5.41 Å². The molecule has 1 aliphatic carbocycles. The fourth-order valence-corrected chi connectivity index (χ4v) is 5.91. The summed E-state index contributed by atoms with van der Waals surface area (Å²) in [4.78, 5) is 17.6. The highest BCUT2D eigenvalue weighted by Gasteiger charge is 2.54. The Morgan fingerprint density at radius 1 is 1.11 bits per heavy atom. The second kappa shape index (κ2) is 12.2. The number of anilines is 2. The van der Waals surface area contributed by atoms with Crippen molar-refractivity contribution in [1.82, 2.24) is 24.5 Å². The molecule has 0 radical (unpaired) electrons. The number of rotatable bonds is 10. The Hall–Kier alpha value is -4.70. The summed E-state index contributed by atoms with van der Waals surface area (Å²) in [5.74, 6) is 0. The molecule has 1 fully saturated rings. The predicted octanol–water partition coefficient (Wildman–Crippen LogP) is 7.35. The van der Waals surface area contributed by atoms with Gasteiger partial charge in [0.05, 0.1) is 40.6 Å². The second-order valence-electron chi connectivity index (χ2n) is 13.0. The van der Waals surface area contributed by atoms with Gasteiger partial charge in [-0.05, 0) is 53.5 Å². The molecule has 1 atom stereocenters. The van der Waals surface area contributed by atoms with Crippen LogP contribution in [-0.4, -0.2) is 43.9 Å². The van der Waals surface area contributed by atoms with Gasteiger partial charge in [0.15, 0.2) is 0 Å². The first-order valence-corrected chi connectivity index (χ1v) is 15.3. The van der Waals surface area contributed by atoms with Crippen LogP contribution in [0.25, 0.3) is 21.7 Å². The van der Waals surface area contributed by atoms with E-state index in [2.05, 4.69) is 52.8 Å². The van der Waals surface area contributed by atoms with Crippen LogP contribution < -0.4 is 16.2 Å². The number of aromatic nitrogens is 5. The molecule has 3 heterocycles. The van der Waals surface area contributed by atoms with E-state index >= 15 is 0 Å². The summed E-state index contributed by atoms with van der Waals surface area (Å²) in [6, 6.07) is 11.2. The Balaban J connectivity index is 1.51. The third kappa shape index (κ3) is 6.22. The van der Waals surface area contributed by atoms with Gasteiger partial charge in [-0.15, -0.1) is 5.10 Å². The zero-order chi connectivity index (χ0) is 33.7. The molecule has 6 rings (SSSR count). The Labute approximate surface area is 272 Å². The maximum absolute atomic E-state index is 14.0. The Kier molecular flexibility index (Phi) is 8.34. The van der Waals surface area contributed by atoms with Gasteiger partial charge >= 0.3 is 0 Å². The highest BCUT2D eigenvalue weighted by molar-refractivity contribution is 6.35. The highest BCUT2D eigenvalue weighted by atomic mass is 35.5. The molecule has 0 spiro atoms. The lowest BCUT2D eigenvalue weighted by Crippen LogP contribution is -2.26. The molecule has 244 valence electrons. The zero-order valence-corrected chi connectivity index (χ0v) is 26.5. The van der Waals surface area contributed by atoms with Crippen molar-refractivity contribution in [1.29, 1.82) is 5.26 Å². The molecule has 1 aliphatic rings. The fourth-order valence-electron chi connectivity index (χ4n) is 5.64. The number of hydrogen-bond acceptors (Lipinski definition) is 7. The van der Waals surface area contributed by atoms with Crippen LogP contribution in [0.5, 0.6) is 0 Å². The topological polar surface area (TPSA) is 113 Å². The van der Waals surface area contributed by atoms with Gasteiger partial charge in [-0.2, -0.15) is 5.26 Å². The van der Waals surface area contributed by atoms with Gasteiger partial charge in [0, 0.05) is 35.4 Å². The van der Waals surface area contributed by atoms with Crippen molar-refractivity contribution in [3.05, 3.63) is 87.2 Å². The van der Waals surface area contributed by atoms with Crippen LogP contribution in [0.3, 0.4) is 0 Å². The van der Waals surface area contributed by atoms with Crippen LogP contribution in [0.1, 0.15) is 56.5 Å². The molecule has 47 heavy (non-hydrogen) atoms. The smallest absolute Gasteiger partial charge is 0.263 e. The average Bonchev–Trinajstić information content (AvgIpc) is 3.69. The first kappa shape index (κ1) is 32.2. The van der Waals surface area contributed by atoms with Crippen molar-refractivity contribution in [2.45, 2.75) is 64.6 Å². The third-order valence-corrected chi connectivity index (χ3v) is 8.57. The van der Waals surface area contributed by atoms with Crippen molar-refractivity contribution in [2.75, 3.05) is 17.2 Å². The van der Waals surface area contributed by atoms with E-state index in [0.717, 1.165) is 4.57 Å². The number of nitrogens with one attached hydrogen (secondary N) is 2. The Morgan fingerprint density at radius 3 is 2.53 bits per heavy atom. The molecule has 2 aromatic carbocycles. The van der Waals surface area contributed by atoms with Gasteiger partial charge in [-0.1, -0.05) is 49.7 Å². The van der Waals surface area contributed by atoms with E-state index in [1.807, 2.05) is 0 Å². The number of nitriles is 1. The van der Waals surface area contributed by atoms with Crippen LogP contribution >= 0.6 is 11.6 Å². The SMILES string of the molecule is CC(C)(C)CNc1c(C#N)cnc2c(Cl)cc(N[C@H](c3cn(C4(C(F)F)CC4)nn3)c3cccc4c(=O)n(CC(F)F)ccc34)cc12. The van der Waals surface area contributed by atoms with E-state index in [1.165, 1.54) is 23.3 Å². The molecular weight excluding hydrogens is 636 g/mol. The van der Waals surface area contributed by atoms with Crippen LogP contribution in [0.4, 0.5) is 28.9 Å². The molecule has 14 heteroatoms. The highest BCUT2D eigenvalue weighted by Crippen LogP contribution is 2.48. The standard InChI is InChI=1S/C33H31ClF4N8O/c1-32(2,3)17-41-27-18(13-39)14-40-28-23(27)11-19(12-24(28)34)42-29(25-15-46(44-43-25)33(8-9-33)31(37)38)21-5-4-6-22-20(21)7-10-45(30(22)47)16-26(35)36/h4-7,10-12,14-15,26,29,31,42H,8-9,16-17H2,1-3H3,(H,40,41)/t29-/m0/s1. The molecule has 0 unspecified atom stereocenters. The summed E-state index contributed by atoms with van der Waals surface area (Å²) >= 11 is 6.74. The average molecular weight is 667 g/mol. The van der Waals surface area contributed by atoms with Crippen molar-refractivity contribution in [3.8, 4) is 6.07 Å². The second-order valence-corrected chi connectivity index (χ2v) is 13.4. The van der Waals surface area contributed by atoms with Crippen molar-refractivity contribution >= 4 is 44.7 Å². The van der Waals surface area contributed by atoms with Crippen molar-refractivity contribution in [3.63, 3.8) is 0 Å². The molecule has 0 amide bonds. The van der Waals surface area contributed by atoms with Gasteiger partial charge < -0.3 is 15.2 Å². The van der Waals surface area contributed by atoms with Gasteiger partial charge in [0.25, 0.3) is 18.4 Å². The van der Waals surface area contributed by atoms with Crippen LogP contribution in [0.15, 0.2) is 59.8 Å². The number of hydrogen-bond donors (Lipinski definition) is 2. The lowest BCUT2D eigenvalue weighted by Gasteiger charge is -2.23. The largest absolute Gasteiger partial charge is 0.383 e. The summed E-state index contributed by atoms with van der Waals surface area (Å²) in [6.45, 7) is 5.95. The minimum absolute atomic E-state index is 0.113. The van der Waals surface area contributed by atoms with Gasteiger partial charge in [-0.3, -0.25) is 9.78 Å². The van der Waals surface area contributed by atoms with Crippen LogP contribution in [-0.2, 0) is 12.1 Å². The molecule has 1 saturated carbocycles. The molecule has 2 N–H and O–H groups in total.